The summed E-state index contributed by atoms with van der Waals surface area (Å²) >= 11 is 0. The van der Waals surface area contributed by atoms with Gasteiger partial charge in [0.2, 0.25) is 0 Å². The van der Waals surface area contributed by atoms with E-state index in [4.69, 9.17) is 0 Å². The minimum absolute atomic E-state index is 0.863. The maximum absolute atomic E-state index is 4.15. The summed E-state index contributed by atoms with van der Waals surface area (Å²) in [6, 6.07) is 8.62. The Hall–Kier alpha value is -1.61. The second-order valence-electron chi connectivity index (χ2n) is 4.26. The Kier molecular flexibility index (Phi) is 3.94. The van der Waals surface area contributed by atoms with E-state index in [-0.39, 0.29) is 0 Å². The maximum atomic E-state index is 4.15. The Labute approximate surface area is 103 Å². The molecule has 0 spiro atoms. The Bertz CT molecular complexity index is 457. The van der Waals surface area contributed by atoms with Crippen LogP contribution >= 0.6 is 0 Å². The van der Waals surface area contributed by atoms with Gasteiger partial charge in [-0.25, -0.2) is 4.98 Å². The SMILES string of the molecule is CCn1cncc1CNCc1ccc(C)cc1. The molecule has 0 aliphatic heterocycles. The summed E-state index contributed by atoms with van der Waals surface area (Å²) in [5, 5.41) is 3.44. The van der Waals surface area contributed by atoms with Crippen molar-refractivity contribution in [1.29, 1.82) is 0 Å². The monoisotopic (exact) mass is 229 g/mol. The lowest BCUT2D eigenvalue weighted by molar-refractivity contribution is 0.628. The van der Waals surface area contributed by atoms with Gasteiger partial charge in [-0.3, -0.25) is 0 Å². The fraction of sp³-hybridized carbons (Fsp3) is 0.357. The quantitative estimate of drug-likeness (QED) is 0.853. The smallest absolute Gasteiger partial charge is 0.0948 e. The van der Waals surface area contributed by atoms with Crippen LogP contribution in [0.1, 0.15) is 23.7 Å². The number of rotatable bonds is 5. The van der Waals surface area contributed by atoms with E-state index in [2.05, 4.69) is 53.0 Å². The number of imidazole rings is 1. The molecule has 1 aromatic carbocycles. The topological polar surface area (TPSA) is 29.9 Å². The van der Waals surface area contributed by atoms with E-state index in [1.54, 1.807) is 0 Å². The first-order valence-corrected chi connectivity index (χ1v) is 6.05. The zero-order valence-electron chi connectivity index (χ0n) is 10.5. The van der Waals surface area contributed by atoms with Crippen molar-refractivity contribution in [2.45, 2.75) is 33.5 Å². The van der Waals surface area contributed by atoms with Crippen molar-refractivity contribution in [3.8, 4) is 0 Å². The molecule has 3 nitrogen and oxygen atoms in total. The average molecular weight is 229 g/mol. The number of benzene rings is 1. The molecule has 0 amide bonds. The van der Waals surface area contributed by atoms with Gasteiger partial charge in [0.15, 0.2) is 0 Å². The summed E-state index contributed by atoms with van der Waals surface area (Å²) in [4.78, 5) is 4.15. The van der Waals surface area contributed by atoms with Crippen LogP contribution in [0.2, 0.25) is 0 Å². The van der Waals surface area contributed by atoms with Crippen molar-refractivity contribution in [1.82, 2.24) is 14.9 Å². The third-order valence-electron chi connectivity index (χ3n) is 2.90. The van der Waals surface area contributed by atoms with Gasteiger partial charge in [-0.15, -0.1) is 0 Å². The first kappa shape index (κ1) is 11.9. The second kappa shape index (κ2) is 5.64. The Morgan fingerprint density at radius 2 is 1.94 bits per heavy atom. The van der Waals surface area contributed by atoms with Gasteiger partial charge in [-0.05, 0) is 19.4 Å². The average Bonchev–Trinajstić information content (AvgIpc) is 2.79. The summed E-state index contributed by atoms with van der Waals surface area (Å²) < 4.78 is 2.15. The van der Waals surface area contributed by atoms with Gasteiger partial charge in [-0.1, -0.05) is 29.8 Å². The first-order chi connectivity index (χ1) is 8.29. The molecule has 17 heavy (non-hydrogen) atoms. The molecule has 0 saturated heterocycles. The van der Waals surface area contributed by atoms with E-state index in [1.807, 2.05) is 12.5 Å². The van der Waals surface area contributed by atoms with Crippen LogP contribution in [0.5, 0.6) is 0 Å². The molecule has 0 bridgehead atoms. The van der Waals surface area contributed by atoms with E-state index in [9.17, 15) is 0 Å². The summed E-state index contributed by atoms with van der Waals surface area (Å²) in [6.45, 7) is 6.97. The van der Waals surface area contributed by atoms with E-state index in [0.717, 1.165) is 19.6 Å². The van der Waals surface area contributed by atoms with Gasteiger partial charge < -0.3 is 9.88 Å². The highest BCUT2D eigenvalue weighted by molar-refractivity contribution is 5.21. The molecular weight excluding hydrogens is 210 g/mol. The number of nitrogens with one attached hydrogen (secondary N) is 1. The van der Waals surface area contributed by atoms with Crippen LogP contribution in [-0.4, -0.2) is 9.55 Å². The molecular formula is C14H19N3. The third kappa shape index (κ3) is 3.17. The number of hydrogen-bond acceptors (Lipinski definition) is 2. The van der Waals surface area contributed by atoms with Gasteiger partial charge in [0.25, 0.3) is 0 Å². The number of aryl methyl sites for hydroxylation is 2. The van der Waals surface area contributed by atoms with Crippen LogP contribution in [0.4, 0.5) is 0 Å². The lowest BCUT2D eigenvalue weighted by Gasteiger charge is -2.07. The predicted molar refractivity (Wildman–Crippen MR) is 69.6 cm³/mol. The van der Waals surface area contributed by atoms with E-state index < -0.39 is 0 Å². The van der Waals surface area contributed by atoms with Crippen molar-refractivity contribution < 1.29 is 0 Å². The molecule has 2 rings (SSSR count). The largest absolute Gasteiger partial charge is 0.334 e. The number of aromatic nitrogens is 2. The second-order valence-corrected chi connectivity index (χ2v) is 4.26. The number of hydrogen-bond donors (Lipinski definition) is 1. The Morgan fingerprint density at radius 1 is 1.18 bits per heavy atom. The molecule has 1 heterocycles. The van der Waals surface area contributed by atoms with Crippen molar-refractivity contribution in [3.63, 3.8) is 0 Å². The van der Waals surface area contributed by atoms with Crippen molar-refractivity contribution >= 4 is 0 Å². The van der Waals surface area contributed by atoms with E-state index in [0.29, 0.717) is 0 Å². The van der Waals surface area contributed by atoms with Gasteiger partial charge in [0, 0.05) is 25.8 Å². The minimum Gasteiger partial charge on any atom is -0.334 e. The van der Waals surface area contributed by atoms with E-state index >= 15 is 0 Å². The van der Waals surface area contributed by atoms with Crippen LogP contribution in [0.25, 0.3) is 0 Å². The van der Waals surface area contributed by atoms with Gasteiger partial charge in [-0.2, -0.15) is 0 Å². The van der Waals surface area contributed by atoms with Gasteiger partial charge in [0.05, 0.1) is 12.0 Å². The molecule has 0 saturated carbocycles. The van der Waals surface area contributed by atoms with Crippen molar-refractivity contribution in [2.75, 3.05) is 0 Å². The Balaban J connectivity index is 1.85. The highest BCUT2D eigenvalue weighted by Crippen LogP contribution is 2.04. The molecule has 0 atom stereocenters. The number of nitrogens with zero attached hydrogens (tertiary/aromatic N) is 2. The normalized spacial score (nSPS) is 10.7. The molecule has 2 aromatic rings. The van der Waals surface area contributed by atoms with E-state index in [1.165, 1.54) is 16.8 Å². The molecule has 90 valence electrons. The van der Waals surface area contributed by atoms with Crippen molar-refractivity contribution in [3.05, 3.63) is 53.6 Å². The summed E-state index contributed by atoms with van der Waals surface area (Å²) in [5.74, 6) is 0. The zero-order valence-corrected chi connectivity index (χ0v) is 10.5. The Morgan fingerprint density at radius 3 is 2.65 bits per heavy atom. The summed E-state index contributed by atoms with van der Waals surface area (Å²) in [5.41, 5.74) is 3.86. The highest BCUT2D eigenvalue weighted by Gasteiger charge is 1.99. The molecule has 0 aliphatic carbocycles. The van der Waals surface area contributed by atoms with Crippen LogP contribution < -0.4 is 5.32 Å². The fourth-order valence-corrected chi connectivity index (χ4v) is 1.82. The molecule has 0 radical (unpaired) electrons. The lowest BCUT2D eigenvalue weighted by atomic mass is 10.1. The van der Waals surface area contributed by atoms with Gasteiger partial charge in [0.1, 0.15) is 0 Å². The molecule has 0 aliphatic rings. The molecule has 3 heteroatoms. The molecule has 1 aromatic heterocycles. The molecule has 0 unspecified atom stereocenters. The summed E-state index contributed by atoms with van der Waals surface area (Å²) in [6.07, 6.45) is 3.80. The summed E-state index contributed by atoms with van der Waals surface area (Å²) in [7, 11) is 0. The van der Waals surface area contributed by atoms with Gasteiger partial charge >= 0.3 is 0 Å². The van der Waals surface area contributed by atoms with Crippen molar-refractivity contribution in [2.24, 2.45) is 0 Å². The third-order valence-corrected chi connectivity index (χ3v) is 2.90. The van der Waals surface area contributed by atoms with Crippen LogP contribution in [0.3, 0.4) is 0 Å². The zero-order chi connectivity index (χ0) is 12.1. The maximum Gasteiger partial charge on any atom is 0.0948 e. The molecule has 1 N–H and O–H groups in total. The molecule has 0 fully saturated rings. The predicted octanol–water partition coefficient (Wildman–Crippen LogP) is 2.50. The van der Waals surface area contributed by atoms with Crippen LogP contribution in [0.15, 0.2) is 36.8 Å². The first-order valence-electron chi connectivity index (χ1n) is 6.05. The standard InChI is InChI=1S/C14H19N3/c1-3-17-11-16-10-14(17)9-15-8-13-6-4-12(2)5-7-13/h4-7,10-11,15H,3,8-9H2,1-2H3. The van der Waals surface area contributed by atoms with Crippen LogP contribution in [-0.2, 0) is 19.6 Å². The van der Waals surface area contributed by atoms with Crippen LogP contribution in [0, 0.1) is 6.92 Å². The lowest BCUT2D eigenvalue weighted by Crippen LogP contribution is -2.15. The minimum atomic E-state index is 0.863. The fourth-order valence-electron chi connectivity index (χ4n) is 1.82. The highest BCUT2D eigenvalue weighted by atomic mass is 15.1.